The Hall–Kier alpha value is -4.00. The second kappa shape index (κ2) is 8.16. The van der Waals surface area contributed by atoms with Crippen molar-refractivity contribution in [2.45, 2.75) is 19.3 Å². The van der Waals surface area contributed by atoms with E-state index in [9.17, 15) is 4.79 Å². The Morgan fingerprint density at radius 1 is 0.939 bits per heavy atom. The minimum atomic E-state index is -0.0863. The number of hydrogen-bond acceptors (Lipinski definition) is 5. The lowest BCUT2D eigenvalue weighted by Crippen LogP contribution is -2.41. The molecule has 0 spiro atoms. The average Bonchev–Trinajstić information content (AvgIpc) is 3.52. The van der Waals surface area contributed by atoms with Gasteiger partial charge in [-0.25, -0.2) is 4.68 Å². The van der Waals surface area contributed by atoms with E-state index in [1.807, 2.05) is 30.5 Å². The third-order valence-electron chi connectivity index (χ3n) is 6.55. The van der Waals surface area contributed by atoms with Gasteiger partial charge in [0.25, 0.3) is 0 Å². The van der Waals surface area contributed by atoms with Crippen LogP contribution < -0.4 is 10.2 Å². The van der Waals surface area contributed by atoms with Crippen molar-refractivity contribution in [3.63, 3.8) is 0 Å². The summed E-state index contributed by atoms with van der Waals surface area (Å²) in [5, 5.41) is 16.0. The van der Waals surface area contributed by atoms with E-state index in [1.165, 1.54) is 22.3 Å². The molecule has 4 aromatic rings. The number of amides is 1. The van der Waals surface area contributed by atoms with Crippen LogP contribution in [0.5, 0.6) is 0 Å². The molecule has 1 aliphatic carbocycles. The van der Waals surface area contributed by atoms with Crippen molar-refractivity contribution < 1.29 is 4.79 Å². The van der Waals surface area contributed by atoms with Gasteiger partial charge in [0.05, 0.1) is 5.92 Å². The number of hydrogen-bond donors (Lipinski definition) is 1. The standard InChI is InChI=1S/C26H24N6O/c33-26(28-21-8-9-23-20(16-21)15-18-5-1-2-7-22(18)23)19-6-3-13-31(17-19)24-10-11-25(30-29-24)32-14-4-12-27-32/h1-2,4-5,7-12,14,16,19H,3,6,13,15,17H2,(H,28,33). The quantitative estimate of drug-likeness (QED) is 0.459. The number of nitrogens with zero attached hydrogens (tertiary/aromatic N) is 5. The summed E-state index contributed by atoms with van der Waals surface area (Å²) in [5.41, 5.74) is 6.05. The summed E-state index contributed by atoms with van der Waals surface area (Å²) in [5.74, 6) is 1.44. The molecular formula is C26H24N6O. The van der Waals surface area contributed by atoms with Crippen molar-refractivity contribution in [2.24, 2.45) is 5.92 Å². The normalized spacial score (nSPS) is 16.8. The Balaban J connectivity index is 1.13. The Labute approximate surface area is 192 Å². The molecule has 1 aliphatic heterocycles. The first-order valence-electron chi connectivity index (χ1n) is 11.4. The fraction of sp³-hybridized carbons (Fsp3) is 0.231. The van der Waals surface area contributed by atoms with Gasteiger partial charge in [0.15, 0.2) is 11.6 Å². The van der Waals surface area contributed by atoms with Crippen LogP contribution in [-0.4, -0.2) is 39.0 Å². The molecule has 1 saturated heterocycles. The summed E-state index contributed by atoms with van der Waals surface area (Å²) >= 11 is 0. The second-order valence-electron chi connectivity index (χ2n) is 8.68. The van der Waals surface area contributed by atoms with Crippen molar-refractivity contribution in [2.75, 3.05) is 23.3 Å². The highest BCUT2D eigenvalue weighted by Crippen LogP contribution is 2.37. The average molecular weight is 437 g/mol. The molecule has 1 fully saturated rings. The number of carbonyl (C=O) groups excluding carboxylic acids is 1. The van der Waals surface area contributed by atoms with Gasteiger partial charge in [0.2, 0.25) is 5.91 Å². The highest BCUT2D eigenvalue weighted by molar-refractivity contribution is 5.94. The van der Waals surface area contributed by atoms with Crippen LogP contribution in [0, 0.1) is 5.92 Å². The summed E-state index contributed by atoms with van der Waals surface area (Å²) in [6.07, 6.45) is 6.28. The van der Waals surface area contributed by atoms with Crippen LogP contribution in [0.25, 0.3) is 16.9 Å². The van der Waals surface area contributed by atoms with E-state index in [2.05, 4.69) is 61.9 Å². The summed E-state index contributed by atoms with van der Waals surface area (Å²) in [4.78, 5) is 15.2. The zero-order valence-corrected chi connectivity index (χ0v) is 18.2. The van der Waals surface area contributed by atoms with E-state index in [-0.39, 0.29) is 11.8 Å². The zero-order valence-electron chi connectivity index (χ0n) is 18.2. The van der Waals surface area contributed by atoms with Gasteiger partial charge in [-0.15, -0.1) is 10.2 Å². The third kappa shape index (κ3) is 3.75. The van der Waals surface area contributed by atoms with Gasteiger partial charge in [-0.3, -0.25) is 4.79 Å². The highest BCUT2D eigenvalue weighted by Gasteiger charge is 2.27. The maximum atomic E-state index is 13.1. The van der Waals surface area contributed by atoms with Gasteiger partial charge in [0, 0.05) is 31.2 Å². The van der Waals surface area contributed by atoms with Gasteiger partial charge in [-0.05, 0) is 71.8 Å². The lowest BCUT2D eigenvalue weighted by molar-refractivity contribution is -0.120. The molecule has 1 amide bonds. The zero-order chi connectivity index (χ0) is 22.2. The molecule has 1 unspecified atom stereocenters. The number of anilines is 2. The predicted molar refractivity (Wildman–Crippen MR) is 127 cm³/mol. The molecule has 0 radical (unpaired) electrons. The van der Waals surface area contributed by atoms with Crippen molar-refractivity contribution in [3.8, 4) is 16.9 Å². The molecule has 3 heterocycles. The third-order valence-corrected chi connectivity index (χ3v) is 6.55. The number of carbonyl (C=O) groups is 1. The molecule has 1 atom stereocenters. The second-order valence-corrected chi connectivity index (χ2v) is 8.68. The number of rotatable bonds is 4. The number of benzene rings is 2. The van der Waals surface area contributed by atoms with Crippen LogP contribution in [0.3, 0.4) is 0 Å². The first-order chi connectivity index (χ1) is 16.2. The molecule has 7 heteroatoms. The minimum absolute atomic E-state index is 0.0660. The molecule has 164 valence electrons. The number of nitrogens with one attached hydrogen (secondary N) is 1. The maximum absolute atomic E-state index is 13.1. The molecule has 33 heavy (non-hydrogen) atoms. The summed E-state index contributed by atoms with van der Waals surface area (Å²) in [6.45, 7) is 1.51. The first-order valence-corrected chi connectivity index (χ1v) is 11.4. The Bertz CT molecular complexity index is 1300. The SMILES string of the molecule is O=C(Nc1ccc2c(c1)Cc1ccccc1-2)C1CCCN(c2ccc(-n3cccn3)nn2)C1. The molecule has 0 saturated carbocycles. The highest BCUT2D eigenvalue weighted by atomic mass is 16.1. The van der Waals surface area contributed by atoms with E-state index in [1.54, 1.807) is 10.9 Å². The van der Waals surface area contributed by atoms with Crippen molar-refractivity contribution in [3.05, 3.63) is 84.2 Å². The Morgan fingerprint density at radius 2 is 1.79 bits per heavy atom. The molecule has 1 N–H and O–H groups in total. The van der Waals surface area contributed by atoms with Crippen LogP contribution in [0.2, 0.25) is 0 Å². The van der Waals surface area contributed by atoms with Crippen molar-refractivity contribution in [1.29, 1.82) is 0 Å². The summed E-state index contributed by atoms with van der Waals surface area (Å²) in [6, 6.07) is 20.5. The van der Waals surface area contributed by atoms with E-state index in [0.717, 1.165) is 37.3 Å². The summed E-state index contributed by atoms with van der Waals surface area (Å²) < 4.78 is 1.68. The molecular weight excluding hydrogens is 412 g/mol. The predicted octanol–water partition coefficient (Wildman–Crippen LogP) is 4.09. The number of piperidine rings is 1. The van der Waals surface area contributed by atoms with Gasteiger partial charge in [0.1, 0.15) is 0 Å². The van der Waals surface area contributed by atoms with Crippen LogP contribution in [0.1, 0.15) is 24.0 Å². The number of fused-ring (bicyclic) bond motifs is 3. The van der Waals surface area contributed by atoms with Crippen LogP contribution in [-0.2, 0) is 11.2 Å². The lowest BCUT2D eigenvalue weighted by Gasteiger charge is -2.32. The molecule has 2 aromatic carbocycles. The minimum Gasteiger partial charge on any atom is -0.354 e. The molecule has 2 aliphatic rings. The van der Waals surface area contributed by atoms with Gasteiger partial charge < -0.3 is 10.2 Å². The van der Waals surface area contributed by atoms with E-state index in [0.29, 0.717) is 12.4 Å². The molecule has 2 aromatic heterocycles. The Kier molecular flexibility index (Phi) is 4.87. The monoisotopic (exact) mass is 436 g/mol. The maximum Gasteiger partial charge on any atom is 0.229 e. The fourth-order valence-electron chi connectivity index (χ4n) is 4.88. The molecule has 7 nitrogen and oxygen atoms in total. The summed E-state index contributed by atoms with van der Waals surface area (Å²) in [7, 11) is 0. The van der Waals surface area contributed by atoms with E-state index in [4.69, 9.17) is 0 Å². The largest absolute Gasteiger partial charge is 0.354 e. The van der Waals surface area contributed by atoms with Crippen LogP contribution in [0.15, 0.2) is 73.1 Å². The van der Waals surface area contributed by atoms with Crippen LogP contribution >= 0.6 is 0 Å². The van der Waals surface area contributed by atoms with E-state index >= 15 is 0 Å². The first kappa shape index (κ1) is 19.7. The van der Waals surface area contributed by atoms with Gasteiger partial charge in [-0.2, -0.15) is 5.10 Å². The van der Waals surface area contributed by atoms with Gasteiger partial charge in [-0.1, -0.05) is 30.3 Å². The van der Waals surface area contributed by atoms with E-state index < -0.39 is 0 Å². The Morgan fingerprint density at radius 3 is 2.64 bits per heavy atom. The molecule has 6 rings (SSSR count). The number of aromatic nitrogens is 4. The van der Waals surface area contributed by atoms with Crippen molar-refractivity contribution in [1.82, 2.24) is 20.0 Å². The lowest BCUT2D eigenvalue weighted by atomic mass is 9.97. The van der Waals surface area contributed by atoms with Crippen molar-refractivity contribution >= 4 is 17.4 Å². The van der Waals surface area contributed by atoms with Crippen LogP contribution in [0.4, 0.5) is 11.5 Å². The molecule has 0 bridgehead atoms. The topological polar surface area (TPSA) is 75.9 Å². The fourth-order valence-corrected chi connectivity index (χ4v) is 4.88. The smallest absolute Gasteiger partial charge is 0.229 e. The van der Waals surface area contributed by atoms with Gasteiger partial charge >= 0.3 is 0 Å².